The molecule has 0 spiro atoms. The van der Waals surface area contributed by atoms with Crippen LogP contribution in [0.3, 0.4) is 0 Å². The van der Waals surface area contributed by atoms with Crippen LogP contribution in [0.2, 0.25) is 0 Å². The second-order valence-corrected chi connectivity index (χ2v) is 25.0. The Labute approximate surface area is 478 Å². The van der Waals surface area contributed by atoms with Gasteiger partial charge in [0, 0.05) is 12.8 Å². The monoisotopic (exact) mass is 1100 g/mol. The van der Waals surface area contributed by atoms with E-state index in [9.17, 15) is 19.0 Å². The predicted molar refractivity (Wildman–Crippen MR) is 330 cm³/mol. The zero-order valence-electron chi connectivity index (χ0n) is 51.7. The van der Waals surface area contributed by atoms with Gasteiger partial charge in [0.15, 0.2) is 0 Å². The SMILES string of the molecule is CCCCCCCC/C=C\C/C=C/CCC(=O)NC(COP(=O)([O-])OCC[N+](C)(C)C)C(/C=C\CCCCCCCCCCC)OC(=O)CCCCCCCCCCCCCCCCCCC/C=C/CCCCCCCC. The number of allylic oxidation sites excluding steroid dienone is 7. The lowest BCUT2D eigenvalue weighted by Crippen LogP contribution is -2.47. The van der Waals surface area contributed by atoms with E-state index in [0.717, 1.165) is 51.4 Å². The number of nitrogens with zero attached hydrogens (tertiary/aromatic N) is 1. The van der Waals surface area contributed by atoms with Gasteiger partial charge in [-0.3, -0.25) is 14.2 Å². The summed E-state index contributed by atoms with van der Waals surface area (Å²) in [4.78, 5) is 39.9. The Morgan fingerprint density at radius 3 is 1.21 bits per heavy atom. The summed E-state index contributed by atoms with van der Waals surface area (Å²) in [5.41, 5.74) is 0. The molecule has 0 fully saturated rings. The van der Waals surface area contributed by atoms with E-state index in [1.807, 2.05) is 39.4 Å². The summed E-state index contributed by atoms with van der Waals surface area (Å²) in [6, 6.07) is -0.916. The molecule has 0 saturated carbocycles. The van der Waals surface area contributed by atoms with Gasteiger partial charge in [-0.2, -0.15) is 0 Å². The molecule has 1 N–H and O–H groups in total. The Kier molecular flexibility index (Phi) is 55.7. The summed E-state index contributed by atoms with van der Waals surface area (Å²) in [5.74, 6) is -0.609. The van der Waals surface area contributed by atoms with Crippen molar-refractivity contribution < 1.29 is 37.3 Å². The molecule has 0 aromatic heterocycles. The number of phosphoric ester groups is 1. The van der Waals surface area contributed by atoms with Gasteiger partial charge in [0.05, 0.1) is 33.8 Å². The Bertz CT molecular complexity index is 1460. The molecule has 0 aliphatic rings. The third-order valence-electron chi connectivity index (χ3n) is 14.7. The van der Waals surface area contributed by atoms with Crippen LogP contribution in [-0.4, -0.2) is 69.4 Å². The van der Waals surface area contributed by atoms with E-state index in [4.69, 9.17) is 13.8 Å². The largest absolute Gasteiger partial charge is 0.756 e. The number of likely N-dealkylation sites (N-methyl/N-ethyl adjacent to an activating group) is 1. The lowest BCUT2D eigenvalue weighted by Gasteiger charge is -2.30. The molecule has 0 rings (SSSR count). The Balaban J connectivity index is 4.99. The Morgan fingerprint density at radius 1 is 0.455 bits per heavy atom. The molecule has 0 saturated heterocycles. The smallest absolute Gasteiger partial charge is 0.306 e. The fourth-order valence-electron chi connectivity index (χ4n) is 9.63. The number of amides is 1. The van der Waals surface area contributed by atoms with Crippen LogP contribution in [0.1, 0.15) is 316 Å². The van der Waals surface area contributed by atoms with Gasteiger partial charge < -0.3 is 28.5 Å². The van der Waals surface area contributed by atoms with E-state index in [1.165, 1.54) is 225 Å². The number of ether oxygens (including phenoxy) is 1. The third kappa shape index (κ3) is 58.4. The molecular weight excluding hydrogens is 976 g/mol. The number of phosphoric acid groups is 1. The van der Waals surface area contributed by atoms with Crippen molar-refractivity contribution in [2.45, 2.75) is 328 Å². The van der Waals surface area contributed by atoms with Crippen molar-refractivity contribution in [3.63, 3.8) is 0 Å². The summed E-state index contributed by atoms with van der Waals surface area (Å²) in [7, 11) is 1.16. The fraction of sp³-hybridized carbons (Fsp3) is 0.851. The summed E-state index contributed by atoms with van der Waals surface area (Å²) < 4.78 is 30.3. The molecule has 0 aromatic carbocycles. The van der Waals surface area contributed by atoms with Gasteiger partial charge in [-0.25, -0.2) is 0 Å². The van der Waals surface area contributed by atoms with Crippen molar-refractivity contribution in [3.8, 4) is 0 Å². The second-order valence-electron chi connectivity index (χ2n) is 23.6. The van der Waals surface area contributed by atoms with Crippen molar-refractivity contribution in [2.75, 3.05) is 40.9 Å². The van der Waals surface area contributed by atoms with Crippen LogP contribution in [0, 0.1) is 0 Å². The lowest BCUT2D eigenvalue weighted by molar-refractivity contribution is -0.870. The number of unbranched alkanes of at least 4 members (excludes halogenated alkanes) is 38. The molecule has 10 heteroatoms. The number of rotatable bonds is 60. The van der Waals surface area contributed by atoms with Crippen LogP contribution in [0.15, 0.2) is 48.6 Å². The number of hydrogen-bond donors (Lipinski definition) is 1. The minimum atomic E-state index is -4.71. The van der Waals surface area contributed by atoms with E-state index in [1.54, 1.807) is 0 Å². The van der Waals surface area contributed by atoms with Gasteiger partial charge >= 0.3 is 5.97 Å². The van der Waals surface area contributed by atoms with Crippen molar-refractivity contribution in [1.82, 2.24) is 5.32 Å². The summed E-state index contributed by atoms with van der Waals surface area (Å²) in [6.07, 6.45) is 71.2. The normalized spacial score (nSPS) is 13.9. The van der Waals surface area contributed by atoms with E-state index in [-0.39, 0.29) is 31.3 Å². The van der Waals surface area contributed by atoms with Crippen molar-refractivity contribution in [2.24, 2.45) is 0 Å². The number of esters is 1. The number of carbonyl (C=O) groups excluding carboxylic acids is 2. The number of quaternary nitrogens is 1. The molecule has 1 amide bonds. The van der Waals surface area contributed by atoms with E-state index < -0.39 is 26.6 Å². The molecule has 0 heterocycles. The summed E-state index contributed by atoms with van der Waals surface area (Å²) in [5, 5.41) is 2.99. The van der Waals surface area contributed by atoms with E-state index in [2.05, 4.69) is 56.5 Å². The predicted octanol–water partition coefficient (Wildman–Crippen LogP) is 19.8. The number of hydrogen-bond acceptors (Lipinski definition) is 7. The lowest BCUT2D eigenvalue weighted by atomic mass is 10.0. The average molecular weight is 1100 g/mol. The van der Waals surface area contributed by atoms with Crippen molar-refractivity contribution in [1.29, 1.82) is 0 Å². The first-order chi connectivity index (χ1) is 37.4. The number of nitrogens with one attached hydrogen (secondary N) is 1. The van der Waals surface area contributed by atoms with E-state index >= 15 is 0 Å². The number of carbonyl (C=O) groups is 2. The highest BCUT2D eigenvalue weighted by atomic mass is 31.2. The molecule has 0 aliphatic carbocycles. The molecule has 3 unspecified atom stereocenters. The molecule has 0 radical (unpaired) electrons. The highest BCUT2D eigenvalue weighted by Gasteiger charge is 2.27. The van der Waals surface area contributed by atoms with Crippen LogP contribution in [-0.2, 0) is 27.9 Å². The van der Waals surface area contributed by atoms with Crippen LogP contribution in [0.25, 0.3) is 0 Å². The molecule has 0 bridgehead atoms. The van der Waals surface area contributed by atoms with Crippen LogP contribution in [0.5, 0.6) is 0 Å². The zero-order valence-corrected chi connectivity index (χ0v) is 52.6. The first-order valence-corrected chi connectivity index (χ1v) is 34.4. The van der Waals surface area contributed by atoms with Crippen LogP contribution >= 0.6 is 7.82 Å². The van der Waals surface area contributed by atoms with Gasteiger partial charge in [0.2, 0.25) is 5.91 Å². The zero-order chi connectivity index (χ0) is 56.4. The Morgan fingerprint density at radius 2 is 0.805 bits per heavy atom. The Hall–Kier alpha value is -2.03. The van der Waals surface area contributed by atoms with Gasteiger partial charge in [0.1, 0.15) is 19.3 Å². The minimum Gasteiger partial charge on any atom is -0.756 e. The molecule has 0 aromatic rings. The standard InChI is InChI=1S/C67H127N2O7P/c1-7-10-13-16-19-22-25-27-28-29-30-31-32-33-34-35-36-37-38-39-40-42-45-48-51-54-57-60-67(71)76-65(58-55-52-49-46-43-24-21-18-15-12-9-3)64(63-75-77(72,73)74-62-61-69(4,5)6)68-66(70)59-56-53-50-47-44-41-26-23-20-17-14-11-8-2/h27-28,41,44,50,53,55,58,64-65H,7-26,29-40,42-43,45-49,51-52,54,56-57,59-63H2,1-6H3,(H-,68,70,72,73)/b28-27+,44-41-,53-50+,58-55-. The van der Waals surface area contributed by atoms with Crippen LogP contribution < -0.4 is 10.2 Å². The van der Waals surface area contributed by atoms with Crippen LogP contribution in [0.4, 0.5) is 0 Å². The maximum Gasteiger partial charge on any atom is 0.306 e. The van der Waals surface area contributed by atoms with Crippen molar-refractivity contribution >= 4 is 19.7 Å². The summed E-state index contributed by atoms with van der Waals surface area (Å²) >= 11 is 0. The highest BCUT2D eigenvalue weighted by molar-refractivity contribution is 7.45. The molecular formula is C67H127N2O7P. The van der Waals surface area contributed by atoms with E-state index in [0.29, 0.717) is 17.4 Å². The summed E-state index contributed by atoms with van der Waals surface area (Å²) in [6.45, 7) is 6.81. The molecule has 9 nitrogen and oxygen atoms in total. The average Bonchev–Trinajstić information content (AvgIpc) is 3.39. The quantitative estimate of drug-likeness (QED) is 0.0212. The van der Waals surface area contributed by atoms with Crippen molar-refractivity contribution in [3.05, 3.63) is 48.6 Å². The van der Waals surface area contributed by atoms with Gasteiger partial charge in [0.25, 0.3) is 7.82 Å². The van der Waals surface area contributed by atoms with Gasteiger partial charge in [-0.05, 0) is 76.7 Å². The van der Waals surface area contributed by atoms with Gasteiger partial charge in [-0.15, -0.1) is 0 Å². The molecule has 77 heavy (non-hydrogen) atoms. The fourth-order valence-corrected chi connectivity index (χ4v) is 10.4. The first-order valence-electron chi connectivity index (χ1n) is 32.9. The second kappa shape index (κ2) is 57.2. The maximum absolute atomic E-state index is 13.5. The molecule has 0 aliphatic heterocycles. The maximum atomic E-state index is 13.5. The first kappa shape index (κ1) is 75.0. The minimum absolute atomic E-state index is 0.0303. The third-order valence-corrected chi connectivity index (χ3v) is 15.7. The van der Waals surface area contributed by atoms with Gasteiger partial charge in [-0.1, -0.05) is 275 Å². The topological polar surface area (TPSA) is 114 Å². The molecule has 452 valence electrons. The highest BCUT2D eigenvalue weighted by Crippen LogP contribution is 2.38. The molecule has 3 atom stereocenters.